The Morgan fingerprint density at radius 2 is 1.92 bits per heavy atom. The third kappa shape index (κ3) is 6.06. The molecule has 3 N–H and O–H groups in total. The van der Waals surface area contributed by atoms with Gasteiger partial charge in [0.25, 0.3) is 5.91 Å². The number of thiocarbonyl (C=S) groups is 1. The third-order valence-electron chi connectivity index (χ3n) is 3.09. The quantitative estimate of drug-likeness (QED) is 0.562. The molecule has 0 unspecified atom stereocenters. The van der Waals surface area contributed by atoms with E-state index in [0.717, 1.165) is 12.1 Å². The first-order valence-corrected chi connectivity index (χ1v) is 8.18. The summed E-state index contributed by atoms with van der Waals surface area (Å²) in [5.74, 6) is 0.211. The summed E-state index contributed by atoms with van der Waals surface area (Å²) in [5.41, 5.74) is 7.16. The van der Waals surface area contributed by atoms with Crippen LogP contribution in [-0.2, 0) is 11.2 Å². The molecule has 2 aromatic rings. The molecule has 1 amide bonds. The number of hydrazine groups is 1. The van der Waals surface area contributed by atoms with Crippen LogP contribution in [0.1, 0.15) is 12.5 Å². The molecule has 0 aliphatic heterocycles. The van der Waals surface area contributed by atoms with Crippen LogP contribution >= 0.6 is 23.8 Å². The number of nitrogens with one attached hydrogen (secondary N) is 3. The van der Waals surface area contributed by atoms with Crippen molar-refractivity contribution in [2.24, 2.45) is 0 Å². The van der Waals surface area contributed by atoms with Gasteiger partial charge in [-0.15, -0.1) is 0 Å². The van der Waals surface area contributed by atoms with Crippen LogP contribution in [0.5, 0.6) is 5.75 Å². The van der Waals surface area contributed by atoms with Gasteiger partial charge in [0.15, 0.2) is 11.7 Å². The summed E-state index contributed by atoms with van der Waals surface area (Å²) in [6.07, 6.45) is 0.939. The normalized spacial score (nSPS) is 9.92. The molecule has 0 saturated carbocycles. The lowest BCUT2D eigenvalue weighted by Crippen LogP contribution is -2.45. The molecule has 0 aliphatic rings. The van der Waals surface area contributed by atoms with Crippen LogP contribution in [-0.4, -0.2) is 17.6 Å². The van der Waals surface area contributed by atoms with Crippen molar-refractivity contribution in [2.75, 3.05) is 11.9 Å². The summed E-state index contributed by atoms with van der Waals surface area (Å²) in [6, 6.07) is 14.6. The van der Waals surface area contributed by atoms with Gasteiger partial charge in [-0.3, -0.25) is 15.6 Å². The van der Waals surface area contributed by atoms with Gasteiger partial charge >= 0.3 is 0 Å². The van der Waals surface area contributed by atoms with E-state index < -0.39 is 0 Å². The van der Waals surface area contributed by atoms with Crippen molar-refractivity contribution in [2.45, 2.75) is 13.3 Å². The monoisotopic (exact) mass is 363 g/mol. The van der Waals surface area contributed by atoms with Gasteiger partial charge in [-0.05, 0) is 60.6 Å². The van der Waals surface area contributed by atoms with Crippen LogP contribution in [0.3, 0.4) is 0 Å². The molecule has 0 heterocycles. The number of carbonyl (C=O) groups is 1. The van der Waals surface area contributed by atoms with Crippen molar-refractivity contribution in [3.8, 4) is 5.75 Å². The van der Waals surface area contributed by atoms with E-state index in [9.17, 15) is 4.79 Å². The number of benzene rings is 2. The molecule has 0 saturated heterocycles. The average molecular weight is 364 g/mol. The second-order valence-electron chi connectivity index (χ2n) is 4.92. The van der Waals surface area contributed by atoms with Crippen LogP contribution < -0.4 is 20.9 Å². The molecule has 0 radical (unpaired) electrons. The van der Waals surface area contributed by atoms with Gasteiger partial charge in [0, 0.05) is 10.7 Å². The van der Waals surface area contributed by atoms with Gasteiger partial charge < -0.3 is 10.1 Å². The highest BCUT2D eigenvalue weighted by molar-refractivity contribution is 7.80. The first-order valence-electron chi connectivity index (χ1n) is 7.40. The zero-order chi connectivity index (χ0) is 17.4. The van der Waals surface area contributed by atoms with Gasteiger partial charge in [-0.1, -0.05) is 30.7 Å². The summed E-state index contributed by atoms with van der Waals surface area (Å²) in [5, 5.41) is 3.91. The zero-order valence-electron chi connectivity index (χ0n) is 13.1. The van der Waals surface area contributed by atoms with E-state index in [2.05, 4.69) is 23.1 Å². The molecule has 0 aliphatic carbocycles. The lowest BCUT2D eigenvalue weighted by molar-refractivity contribution is -0.123. The number of ether oxygens (including phenoxy) is 1. The summed E-state index contributed by atoms with van der Waals surface area (Å²) >= 11 is 10.9. The summed E-state index contributed by atoms with van der Waals surface area (Å²) in [6.45, 7) is 1.94. The molecule has 5 nitrogen and oxygen atoms in total. The minimum Gasteiger partial charge on any atom is -0.484 e. The number of hydrogen-bond donors (Lipinski definition) is 3. The van der Waals surface area contributed by atoms with Gasteiger partial charge in [0.1, 0.15) is 5.75 Å². The SMILES string of the molecule is CCc1cccc(NC(=S)NNC(=O)COc2ccc(Cl)cc2)c1. The molecule has 2 rings (SSSR count). The maximum absolute atomic E-state index is 11.7. The molecular formula is C17H18ClN3O2S. The average Bonchev–Trinajstić information content (AvgIpc) is 2.59. The Morgan fingerprint density at radius 3 is 2.62 bits per heavy atom. The van der Waals surface area contributed by atoms with Crippen LogP contribution in [0.4, 0.5) is 5.69 Å². The van der Waals surface area contributed by atoms with Crippen molar-refractivity contribution in [3.05, 3.63) is 59.1 Å². The smallest absolute Gasteiger partial charge is 0.276 e. The van der Waals surface area contributed by atoms with Crippen molar-refractivity contribution in [1.29, 1.82) is 0 Å². The Labute approximate surface area is 151 Å². The first-order chi connectivity index (χ1) is 11.6. The Morgan fingerprint density at radius 1 is 1.17 bits per heavy atom. The molecule has 0 bridgehead atoms. The largest absolute Gasteiger partial charge is 0.484 e. The van der Waals surface area contributed by atoms with Gasteiger partial charge in [-0.2, -0.15) is 0 Å². The summed E-state index contributed by atoms with van der Waals surface area (Å²) in [7, 11) is 0. The highest BCUT2D eigenvalue weighted by atomic mass is 35.5. The van der Waals surface area contributed by atoms with Crippen molar-refractivity contribution in [3.63, 3.8) is 0 Å². The minimum absolute atomic E-state index is 0.136. The number of anilines is 1. The Hall–Kier alpha value is -2.31. The number of halogens is 1. The highest BCUT2D eigenvalue weighted by Gasteiger charge is 2.04. The van der Waals surface area contributed by atoms with E-state index in [-0.39, 0.29) is 12.5 Å². The number of carbonyl (C=O) groups excluding carboxylic acids is 1. The number of hydrogen-bond acceptors (Lipinski definition) is 3. The molecule has 126 valence electrons. The van der Waals surface area contributed by atoms with Gasteiger partial charge in [0.2, 0.25) is 0 Å². The molecule has 7 heteroatoms. The summed E-state index contributed by atoms with van der Waals surface area (Å²) in [4.78, 5) is 11.7. The summed E-state index contributed by atoms with van der Waals surface area (Å²) < 4.78 is 5.33. The Kier molecular flexibility index (Phi) is 6.84. The van der Waals surface area contributed by atoms with Crippen molar-refractivity contribution in [1.82, 2.24) is 10.9 Å². The fourth-order valence-corrected chi connectivity index (χ4v) is 2.17. The van der Waals surface area contributed by atoms with Crippen molar-refractivity contribution < 1.29 is 9.53 Å². The van der Waals surface area contributed by atoms with E-state index in [1.54, 1.807) is 24.3 Å². The van der Waals surface area contributed by atoms with E-state index >= 15 is 0 Å². The molecule has 0 atom stereocenters. The third-order valence-corrected chi connectivity index (χ3v) is 3.55. The highest BCUT2D eigenvalue weighted by Crippen LogP contribution is 2.15. The number of rotatable bonds is 5. The van der Waals surface area contributed by atoms with Gasteiger partial charge in [0.05, 0.1) is 0 Å². The predicted molar refractivity (Wildman–Crippen MR) is 100 cm³/mol. The van der Waals surface area contributed by atoms with E-state index in [0.29, 0.717) is 15.9 Å². The number of amides is 1. The van der Waals surface area contributed by atoms with E-state index in [1.807, 2.05) is 24.3 Å². The molecule has 2 aromatic carbocycles. The maximum Gasteiger partial charge on any atom is 0.276 e. The fraction of sp³-hybridized carbons (Fsp3) is 0.176. The van der Waals surface area contributed by atoms with Crippen LogP contribution in [0.15, 0.2) is 48.5 Å². The maximum atomic E-state index is 11.7. The zero-order valence-corrected chi connectivity index (χ0v) is 14.7. The topological polar surface area (TPSA) is 62.4 Å². The number of aryl methyl sites for hydroxylation is 1. The first kappa shape index (κ1) is 18.0. The standard InChI is InChI=1S/C17H18ClN3O2S/c1-2-12-4-3-5-14(10-12)19-17(24)21-20-16(22)11-23-15-8-6-13(18)7-9-15/h3-10H,2,11H2,1H3,(H,20,22)(H2,19,21,24). The fourth-order valence-electron chi connectivity index (χ4n) is 1.87. The van der Waals surface area contributed by atoms with Crippen molar-refractivity contribution >= 4 is 40.5 Å². The van der Waals surface area contributed by atoms with Gasteiger partial charge in [-0.25, -0.2) is 0 Å². The predicted octanol–water partition coefficient (Wildman–Crippen LogP) is 3.30. The lowest BCUT2D eigenvalue weighted by atomic mass is 10.1. The molecule has 0 spiro atoms. The molecule has 24 heavy (non-hydrogen) atoms. The molecular weight excluding hydrogens is 346 g/mol. The Bertz CT molecular complexity index is 707. The van der Waals surface area contributed by atoms with Crippen LogP contribution in [0.2, 0.25) is 5.02 Å². The molecule has 0 fully saturated rings. The minimum atomic E-state index is -0.351. The lowest BCUT2D eigenvalue weighted by Gasteiger charge is -2.12. The van der Waals surface area contributed by atoms with Crippen LogP contribution in [0, 0.1) is 0 Å². The van der Waals surface area contributed by atoms with E-state index in [4.69, 9.17) is 28.6 Å². The van der Waals surface area contributed by atoms with E-state index in [1.165, 1.54) is 5.56 Å². The molecule has 0 aromatic heterocycles. The second kappa shape index (κ2) is 9.10. The second-order valence-corrected chi connectivity index (χ2v) is 5.77. The van der Waals surface area contributed by atoms with Crippen LogP contribution in [0.25, 0.3) is 0 Å². The Balaban J connectivity index is 1.72.